The number of hydrogen-bond acceptors (Lipinski definition) is 10. The van der Waals surface area contributed by atoms with E-state index in [1.807, 2.05) is 0 Å². The molecule has 0 aliphatic heterocycles. The van der Waals surface area contributed by atoms with Crippen LogP contribution in [0.15, 0.2) is 0 Å². The molecular weight excluding hydrogens is 480 g/mol. The normalized spacial score (nSPS) is 11.9. The third kappa shape index (κ3) is 24.9. The summed E-state index contributed by atoms with van der Waals surface area (Å²) in [5, 5.41) is 14.0. The summed E-state index contributed by atoms with van der Waals surface area (Å²) in [6.07, 6.45) is -1.60. The van der Waals surface area contributed by atoms with Crippen molar-refractivity contribution in [3.05, 3.63) is 0 Å². The lowest BCUT2D eigenvalue weighted by atomic mass is 10.2. The van der Waals surface area contributed by atoms with Crippen molar-refractivity contribution in [2.24, 2.45) is 0 Å². The van der Waals surface area contributed by atoms with Crippen molar-refractivity contribution >= 4 is 18.2 Å². The molecule has 0 aromatic rings. The summed E-state index contributed by atoms with van der Waals surface area (Å²) in [6.45, 7) is 12.7. The number of carboxylic acids is 1. The Bertz CT molecular complexity index is 574. The molecule has 0 rings (SSSR count). The van der Waals surface area contributed by atoms with Gasteiger partial charge in [-0.3, -0.25) is 0 Å². The fraction of sp³-hybridized carbons (Fsp3) is 0.870. The van der Waals surface area contributed by atoms with Crippen molar-refractivity contribution in [3.8, 4) is 0 Å². The molecule has 0 radical (unpaired) electrons. The Balaban J connectivity index is 3.86. The van der Waals surface area contributed by atoms with E-state index in [9.17, 15) is 14.4 Å². The van der Waals surface area contributed by atoms with Crippen molar-refractivity contribution in [1.82, 2.24) is 10.6 Å². The summed E-state index contributed by atoms with van der Waals surface area (Å²) >= 11 is 0. The van der Waals surface area contributed by atoms with Gasteiger partial charge in [0.05, 0.1) is 52.9 Å². The molecule has 0 bridgehead atoms. The molecule has 0 aliphatic rings. The van der Waals surface area contributed by atoms with E-state index in [1.165, 1.54) is 0 Å². The molecule has 0 fully saturated rings. The second-order valence-electron chi connectivity index (χ2n) is 9.56. The lowest BCUT2D eigenvalue weighted by Crippen LogP contribution is -2.34. The van der Waals surface area contributed by atoms with Crippen LogP contribution in [0.2, 0.25) is 0 Å². The van der Waals surface area contributed by atoms with Gasteiger partial charge in [0.25, 0.3) is 0 Å². The number of carbonyl (C=O) groups excluding carboxylic acids is 2. The highest BCUT2D eigenvalue weighted by molar-refractivity contribution is 5.68. The molecular formula is C23H44N2O11. The zero-order valence-corrected chi connectivity index (χ0v) is 22.4. The summed E-state index contributed by atoms with van der Waals surface area (Å²) in [5.41, 5.74) is -1.12. The standard InChI is InChI=1S/C23H44N2O11/c1-22(2,3)35-20(28)24-7-9-30-11-13-32-15-18(34-17-19(26)27)16-33-14-12-31-10-8-25-21(29)36-23(4,5)6/h18H,7-17H2,1-6H3,(H,24,28)(H,25,29)(H,26,27). The minimum atomic E-state index is -1.10. The first-order valence-corrected chi connectivity index (χ1v) is 11.9. The minimum Gasteiger partial charge on any atom is -0.480 e. The third-order valence-electron chi connectivity index (χ3n) is 3.62. The molecule has 36 heavy (non-hydrogen) atoms. The van der Waals surface area contributed by atoms with Gasteiger partial charge in [0.2, 0.25) is 0 Å². The van der Waals surface area contributed by atoms with Gasteiger partial charge in [0.1, 0.15) is 23.9 Å². The predicted molar refractivity (Wildman–Crippen MR) is 129 cm³/mol. The molecule has 0 saturated carbocycles. The molecule has 3 N–H and O–H groups in total. The molecule has 212 valence electrons. The number of ether oxygens (including phenoxy) is 7. The Morgan fingerprint density at radius 1 is 0.667 bits per heavy atom. The molecule has 0 heterocycles. The van der Waals surface area contributed by atoms with Crippen molar-refractivity contribution in [1.29, 1.82) is 0 Å². The second kappa shape index (κ2) is 19.0. The highest BCUT2D eigenvalue weighted by Gasteiger charge is 2.16. The lowest BCUT2D eigenvalue weighted by Gasteiger charge is -2.19. The first-order valence-electron chi connectivity index (χ1n) is 11.9. The van der Waals surface area contributed by atoms with Crippen molar-refractivity contribution < 1.29 is 52.6 Å². The number of carboxylic acid groups (broad SMARTS) is 1. The average molecular weight is 525 g/mol. The molecule has 0 unspecified atom stereocenters. The molecule has 2 amide bonds. The van der Waals surface area contributed by atoms with Crippen molar-refractivity contribution in [3.63, 3.8) is 0 Å². The SMILES string of the molecule is CC(C)(C)OC(=O)NCCOCCOCC(COCCOCCNC(=O)OC(C)(C)C)OCC(=O)O. The monoisotopic (exact) mass is 524 g/mol. The number of hydrogen-bond donors (Lipinski definition) is 3. The fourth-order valence-electron chi connectivity index (χ4n) is 2.28. The number of rotatable bonds is 19. The van der Waals surface area contributed by atoms with Gasteiger partial charge in [-0.15, -0.1) is 0 Å². The van der Waals surface area contributed by atoms with Crippen LogP contribution in [0, 0.1) is 0 Å². The number of carbonyl (C=O) groups is 3. The fourth-order valence-corrected chi connectivity index (χ4v) is 2.28. The van der Waals surface area contributed by atoms with Crippen LogP contribution in [0.1, 0.15) is 41.5 Å². The van der Waals surface area contributed by atoms with Crippen LogP contribution in [-0.2, 0) is 38.0 Å². The average Bonchev–Trinajstić information content (AvgIpc) is 2.72. The summed E-state index contributed by atoms with van der Waals surface area (Å²) in [5.74, 6) is -1.10. The molecule has 13 heteroatoms. The third-order valence-corrected chi connectivity index (χ3v) is 3.62. The zero-order valence-electron chi connectivity index (χ0n) is 22.4. The molecule has 0 aromatic heterocycles. The van der Waals surface area contributed by atoms with Crippen molar-refractivity contribution in [2.75, 3.05) is 72.6 Å². The number of alkyl carbamates (subject to hydrolysis) is 2. The first kappa shape index (κ1) is 33.8. The Morgan fingerprint density at radius 3 is 1.42 bits per heavy atom. The molecule has 0 aromatic carbocycles. The Labute approximate surface area is 213 Å². The highest BCUT2D eigenvalue weighted by atomic mass is 16.6. The van der Waals surface area contributed by atoms with E-state index < -0.39 is 42.1 Å². The Kier molecular flexibility index (Phi) is 17.8. The number of aliphatic carboxylic acids is 1. The van der Waals surface area contributed by atoms with Gasteiger partial charge in [-0.1, -0.05) is 0 Å². The molecule has 0 spiro atoms. The van der Waals surface area contributed by atoms with Crippen LogP contribution in [0.25, 0.3) is 0 Å². The van der Waals surface area contributed by atoms with E-state index in [4.69, 9.17) is 38.3 Å². The van der Waals surface area contributed by atoms with Crippen LogP contribution in [0.3, 0.4) is 0 Å². The maximum absolute atomic E-state index is 11.5. The van der Waals surface area contributed by atoms with E-state index in [0.29, 0.717) is 13.1 Å². The van der Waals surface area contributed by atoms with E-state index in [0.717, 1.165) is 0 Å². The number of nitrogens with one attached hydrogen (secondary N) is 2. The van der Waals surface area contributed by atoms with Gasteiger partial charge in [-0.25, -0.2) is 14.4 Å². The highest BCUT2D eigenvalue weighted by Crippen LogP contribution is 2.06. The van der Waals surface area contributed by atoms with Gasteiger partial charge in [0, 0.05) is 13.1 Å². The summed E-state index contributed by atoms with van der Waals surface area (Å²) in [7, 11) is 0. The minimum absolute atomic E-state index is 0.119. The summed E-state index contributed by atoms with van der Waals surface area (Å²) in [4.78, 5) is 33.8. The smallest absolute Gasteiger partial charge is 0.407 e. The molecule has 13 nitrogen and oxygen atoms in total. The van der Waals surface area contributed by atoms with Gasteiger partial charge in [-0.05, 0) is 41.5 Å². The molecule has 0 saturated heterocycles. The van der Waals surface area contributed by atoms with E-state index >= 15 is 0 Å². The quantitative estimate of drug-likeness (QED) is 0.210. The second-order valence-corrected chi connectivity index (χ2v) is 9.56. The van der Waals surface area contributed by atoms with Crippen LogP contribution in [0.5, 0.6) is 0 Å². The Hall–Kier alpha value is -2.19. The summed E-state index contributed by atoms with van der Waals surface area (Å²) < 4.78 is 37.2. The predicted octanol–water partition coefficient (Wildman–Crippen LogP) is 1.57. The first-order chi connectivity index (χ1) is 16.8. The van der Waals surface area contributed by atoms with Crippen molar-refractivity contribution in [2.45, 2.75) is 58.8 Å². The lowest BCUT2D eigenvalue weighted by molar-refractivity contribution is -0.148. The largest absolute Gasteiger partial charge is 0.480 e. The molecule has 0 atom stereocenters. The van der Waals surface area contributed by atoms with E-state index in [1.54, 1.807) is 41.5 Å². The van der Waals surface area contributed by atoms with E-state index in [-0.39, 0.29) is 52.9 Å². The van der Waals surface area contributed by atoms with E-state index in [2.05, 4.69) is 10.6 Å². The Morgan fingerprint density at radius 2 is 1.06 bits per heavy atom. The maximum atomic E-state index is 11.5. The maximum Gasteiger partial charge on any atom is 0.407 e. The van der Waals surface area contributed by atoms with Crippen LogP contribution >= 0.6 is 0 Å². The zero-order chi connectivity index (χ0) is 27.5. The molecule has 0 aliphatic carbocycles. The topological polar surface area (TPSA) is 160 Å². The summed E-state index contributed by atoms with van der Waals surface area (Å²) in [6, 6.07) is 0. The van der Waals surface area contributed by atoms with Crippen LogP contribution in [0.4, 0.5) is 9.59 Å². The number of amides is 2. The van der Waals surface area contributed by atoms with Crippen LogP contribution in [-0.4, -0.2) is 113 Å². The van der Waals surface area contributed by atoms with Gasteiger partial charge < -0.3 is 48.9 Å². The van der Waals surface area contributed by atoms with Crippen LogP contribution < -0.4 is 10.6 Å². The van der Waals surface area contributed by atoms with Gasteiger partial charge >= 0.3 is 18.2 Å². The van der Waals surface area contributed by atoms with Gasteiger partial charge in [-0.2, -0.15) is 0 Å². The van der Waals surface area contributed by atoms with Gasteiger partial charge in [0.15, 0.2) is 0 Å².